The van der Waals surface area contributed by atoms with Crippen molar-refractivity contribution in [1.82, 2.24) is 4.72 Å². The number of fused-ring (bicyclic) bond motifs is 1. The lowest BCUT2D eigenvalue weighted by atomic mass is 9.95. The summed E-state index contributed by atoms with van der Waals surface area (Å²) in [7, 11) is -0.956. The largest absolute Gasteiger partial charge is 0.460 e. The van der Waals surface area contributed by atoms with Crippen molar-refractivity contribution in [2.75, 3.05) is 32.2 Å². The van der Waals surface area contributed by atoms with Crippen LogP contribution in [0.4, 0.5) is 5.69 Å². The van der Waals surface area contributed by atoms with Crippen LogP contribution in [0, 0.1) is 0 Å². The molecule has 0 heterocycles. The number of nitrogens with one attached hydrogen (secondary N) is 1. The third-order valence-corrected chi connectivity index (χ3v) is 7.05. The van der Waals surface area contributed by atoms with Gasteiger partial charge >= 0.3 is 5.97 Å². The van der Waals surface area contributed by atoms with Crippen LogP contribution >= 0.6 is 0 Å². The van der Waals surface area contributed by atoms with Crippen LogP contribution in [-0.2, 0) is 24.3 Å². The van der Waals surface area contributed by atoms with E-state index in [2.05, 4.69) is 9.46 Å². The first-order valence-electron chi connectivity index (χ1n) is 11.1. The van der Waals surface area contributed by atoms with Gasteiger partial charge in [0.1, 0.15) is 18.3 Å². The SMILES string of the molecule is CCOC(=O)C(=O)C[C@H](O)[C@@H](NS(=O)(=O)c1cccc2c(N(C)C)cccc12)[C@@H](O)[C@H](O)[C@H](O)CO. The Morgan fingerprint density at radius 2 is 1.58 bits per heavy atom. The molecule has 12 nitrogen and oxygen atoms in total. The fourth-order valence-corrected chi connectivity index (χ4v) is 5.17. The van der Waals surface area contributed by atoms with Crippen LogP contribution in [0.3, 0.4) is 0 Å². The second-order valence-electron chi connectivity index (χ2n) is 8.32. The van der Waals surface area contributed by atoms with Crippen molar-refractivity contribution in [3.63, 3.8) is 0 Å². The Kier molecular flexibility index (Phi) is 10.3. The van der Waals surface area contributed by atoms with E-state index in [1.807, 2.05) is 0 Å². The van der Waals surface area contributed by atoms with Gasteiger partial charge in [-0.1, -0.05) is 24.3 Å². The van der Waals surface area contributed by atoms with Crippen LogP contribution < -0.4 is 9.62 Å². The lowest BCUT2D eigenvalue weighted by molar-refractivity contribution is -0.155. The molecule has 13 heteroatoms. The predicted molar refractivity (Wildman–Crippen MR) is 130 cm³/mol. The Balaban J connectivity index is 2.50. The first-order chi connectivity index (χ1) is 16.8. The van der Waals surface area contributed by atoms with Crippen molar-refractivity contribution in [3.8, 4) is 0 Å². The Morgan fingerprint density at radius 1 is 0.972 bits per heavy atom. The number of hydrogen-bond donors (Lipinski definition) is 6. The number of esters is 1. The molecule has 2 aromatic rings. The number of nitrogens with zero attached hydrogens (tertiary/aromatic N) is 1. The lowest BCUT2D eigenvalue weighted by Crippen LogP contribution is -2.58. The van der Waals surface area contributed by atoms with Crippen LogP contribution in [0.15, 0.2) is 41.3 Å². The maximum Gasteiger partial charge on any atom is 0.374 e. The zero-order valence-electron chi connectivity index (χ0n) is 20.1. The third kappa shape index (κ3) is 6.76. The molecule has 5 atom stereocenters. The first kappa shape index (κ1) is 29.6. The third-order valence-electron chi connectivity index (χ3n) is 5.53. The molecule has 0 fully saturated rings. The molecule has 200 valence electrons. The maximum absolute atomic E-state index is 13.4. The highest BCUT2D eigenvalue weighted by atomic mass is 32.2. The van der Waals surface area contributed by atoms with Crippen LogP contribution in [0.1, 0.15) is 13.3 Å². The average molecular weight is 529 g/mol. The van der Waals surface area contributed by atoms with Gasteiger partial charge in [0.05, 0.1) is 30.3 Å². The van der Waals surface area contributed by atoms with E-state index in [1.165, 1.54) is 19.1 Å². The van der Waals surface area contributed by atoms with Crippen LogP contribution in [0.5, 0.6) is 0 Å². The van der Waals surface area contributed by atoms with Crippen molar-refractivity contribution in [2.45, 2.75) is 48.7 Å². The number of anilines is 1. The second-order valence-corrected chi connectivity index (χ2v) is 10.00. The number of sulfonamides is 1. The van der Waals surface area contributed by atoms with Gasteiger partial charge in [0.2, 0.25) is 15.8 Å². The van der Waals surface area contributed by atoms with Gasteiger partial charge in [-0.3, -0.25) is 4.79 Å². The van der Waals surface area contributed by atoms with E-state index in [4.69, 9.17) is 5.11 Å². The van der Waals surface area contributed by atoms with Crippen LogP contribution in [-0.4, -0.2) is 103 Å². The molecule has 0 aliphatic heterocycles. The quantitative estimate of drug-likeness (QED) is 0.131. The zero-order valence-corrected chi connectivity index (χ0v) is 20.9. The maximum atomic E-state index is 13.4. The lowest BCUT2D eigenvalue weighted by Gasteiger charge is -2.32. The van der Waals surface area contributed by atoms with Crippen molar-refractivity contribution in [3.05, 3.63) is 36.4 Å². The van der Waals surface area contributed by atoms with Crippen molar-refractivity contribution in [1.29, 1.82) is 0 Å². The highest BCUT2D eigenvalue weighted by Crippen LogP contribution is 2.30. The number of rotatable bonds is 13. The summed E-state index contributed by atoms with van der Waals surface area (Å²) in [6.07, 6.45) is -9.15. The number of carbonyl (C=O) groups excluding carboxylic acids is 2. The molecule has 0 bridgehead atoms. The molecule has 6 N–H and O–H groups in total. The number of aliphatic hydroxyl groups is 5. The van der Waals surface area contributed by atoms with E-state index in [-0.39, 0.29) is 11.5 Å². The molecule has 0 aliphatic carbocycles. The fraction of sp³-hybridized carbons (Fsp3) is 0.478. The summed E-state index contributed by atoms with van der Waals surface area (Å²) in [6.45, 7) is 0.365. The van der Waals surface area contributed by atoms with E-state index in [1.54, 1.807) is 43.3 Å². The summed E-state index contributed by atoms with van der Waals surface area (Å²) in [5.41, 5.74) is 0.725. The highest BCUT2D eigenvalue weighted by Gasteiger charge is 2.40. The minimum Gasteiger partial charge on any atom is -0.460 e. The molecule has 36 heavy (non-hydrogen) atoms. The molecule has 0 saturated carbocycles. The van der Waals surface area contributed by atoms with Crippen LogP contribution in [0.25, 0.3) is 10.8 Å². The molecule has 0 radical (unpaired) electrons. The van der Waals surface area contributed by atoms with Crippen molar-refractivity contribution < 1.29 is 48.3 Å². The minimum atomic E-state index is -4.52. The van der Waals surface area contributed by atoms with Gasteiger partial charge in [-0.05, 0) is 19.1 Å². The Labute approximate surface area is 208 Å². The number of Topliss-reactive ketones (excluding diaryl/α,β-unsaturated/α-hetero) is 1. The normalized spacial score (nSPS) is 16.1. The second kappa shape index (κ2) is 12.5. The minimum absolute atomic E-state index is 0.114. The van der Waals surface area contributed by atoms with Crippen molar-refractivity contribution in [2.24, 2.45) is 0 Å². The molecule has 2 rings (SSSR count). The molecule has 0 saturated heterocycles. The number of ether oxygens (including phenoxy) is 1. The van der Waals surface area contributed by atoms with E-state index in [9.17, 15) is 38.4 Å². The number of ketones is 1. The van der Waals surface area contributed by atoms with Gasteiger partial charge < -0.3 is 35.2 Å². The molecular formula is C23H32N2O10S. The molecular weight excluding hydrogens is 496 g/mol. The number of aliphatic hydroxyl groups excluding tert-OH is 5. The predicted octanol–water partition coefficient (Wildman–Crippen LogP) is -1.49. The summed E-state index contributed by atoms with van der Waals surface area (Å²) in [6, 6.07) is 7.55. The number of hydrogen-bond acceptors (Lipinski definition) is 11. The van der Waals surface area contributed by atoms with Gasteiger partial charge in [0, 0.05) is 37.0 Å². The average Bonchev–Trinajstić information content (AvgIpc) is 2.84. The van der Waals surface area contributed by atoms with Gasteiger partial charge in [0.15, 0.2) is 0 Å². The standard InChI is InChI=1S/C23H32N2O10S/c1-4-35-23(32)17(28)11-16(27)20(22(31)21(30)18(29)12-26)24-36(33,34)19-10-6-7-13-14(19)8-5-9-15(13)25(2)3/h5-10,16,18,20-22,24,26-27,29-31H,4,11-12H2,1-3H3/t16-,18+,20+,21+,22+/m0/s1. The molecule has 0 aliphatic rings. The summed E-state index contributed by atoms with van der Waals surface area (Å²) in [4.78, 5) is 25.3. The Hall–Kier alpha value is -2.65. The van der Waals surface area contributed by atoms with Gasteiger partial charge in [-0.15, -0.1) is 0 Å². The van der Waals surface area contributed by atoms with Gasteiger partial charge in [0.25, 0.3) is 0 Å². The number of benzene rings is 2. The summed E-state index contributed by atoms with van der Waals surface area (Å²) in [5.74, 6) is -2.47. The first-order valence-corrected chi connectivity index (χ1v) is 12.6. The van der Waals surface area contributed by atoms with Crippen LogP contribution in [0.2, 0.25) is 0 Å². The molecule has 0 unspecified atom stereocenters. The zero-order chi connectivity index (χ0) is 27.2. The molecule has 0 aromatic heterocycles. The van der Waals surface area contributed by atoms with E-state index >= 15 is 0 Å². The highest BCUT2D eigenvalue weighted by molar-refractivity contribution is 7.89. The molecule has 0 amide bonds. The monoisotopic (exact) mass is 528 g/mol. The Bertz CT molecular complexity index is 1170. The van der Waals surface area contributed by atoms with E-state index < -0.39 is 65.3 Å². The van der Waals surface area contributed by atoms with Gasteiger partial charge in [-0.25, -0.2) is 17.9 Å². The summed E-state index contributed by atoms with van der Waals surface area (Å²) >= 11 is 0. The number of carbonyl (C=O) groups is 2. The van der Waals surface area contributed by atoms with Crippen molar-refractivity contribution >= 4 is 38.2 Å². The smallest absolute Gasteiger partial charge is 0.374 e. The summed E-state index contributed by atoms with van der Waals surface area (Å²) in [5, 5.41) is 51.2. The van der Waals surface area contributed by atoms with E-state index in [0.29, 0.717) is 10.8 Å². The molecule has 2 aromatic carbocycles. The fourth-order valence-electron chi connectivity index (χ4n) is 3.67. The summed E-state index contributed by atoms with van der Waals surface area (Å²) < 4.78 is 33.5. The Morgan fingerprint density at radius 3 is 2.17 bits per heavy atom. The van der Waals surface area contributed by atoms with Gasteiger partial charge in [-0.2, -0.15) is 0 Å². The topological polar surface area (TPSA) is 194 Å². The molecule has 0 spiro atoms. The van der Waals surface area contributed by atoms with E-state index in [0.717, 1.165) is 5.69 Å².